The van der Waals surface area contributed by atoms with Gasteiger partial charge >= 0.3 is 0 Å². The molecule has 3 heteroatoms. The van der Waals surface area contributed by atoms with E-state index in [1.807, 2.05) is 12.1 Å². The average molecular weight is 250 g/mol. The molecular weight excluding hydrogens is 227 g/mol. The number of benzene rings is 1. The predicted molar refractivity (Wildman–Crippen MR) is 74.2 cm³/mol. The van der Waals surface area contributed by atoms with Gasteiger partial charge in [-0.2, -0.15) is 0 Å². The van der Waals surface area contributed by atoms with Gasteiger partial charge in [0, 0.05) is 18.6 Å². The van der Waals surface area contributed by atoms with Crippen LogP contribution in [-0.4, -0.2) is 18.6 Å². The minimum Gasteiger partial charge on any atom is -0.363 e. The molecule has 0 radical (unpaired) electrons. The highest BCUT2D eigenvalue weighted by Gasteiger charge is 2.37. The second-order valence-corrected chi connectivity index (χ2v) is 5.54. The van der Waals surface area contributed by atoms with Crippen LogP contribution in [0.2, 0.25) is 0 Å². The summed E-state index contributed by atoms with van der Waals surface area (Å²) in [6.45, 7) is 5.56. The first-order chi connectivity index (χ1) is 8.60. The summed E-state index contributed by atoms with van der Waals surface area (Å²) in [4.78, 5) is 2.13. The lowest BCUT2D eigenvalue weighted by atomic mass is 9.91. The zero-order chi connectivity index (χ0) is 13.2. The van der Waals surface area contributed by atoms with Crippen molar-refractivity contribution in [2.24, 2.45) is 11.7 Å². The Morgan fingerprint density at radius 1 is 1.39 bits per heavy atom. The van der Waals surface area contributed by atoms with Crippen molar-refractivity contribution in [3.8, 4) is 0 Å². The molecule has 2 N–H and O–H groups in total. The molecule has 1 aliphatic rings. The first-order valence-electron chi connectivity index (χ1n) is 6.83. The van der Waals surface area contributed by atoms with Gasteiger partial charge in [0.15, 0.2) is 0 Å². The maximum Gasteiger partial charge on any atom is 0.146 e. The summed E-state index contributed by atoms with van der Waals surface area (Å²) in [5, 5.41) is 0. The van der Waals surface area contributed by atoms with Crippen LogP contribution < -0.4 is 10.6 Å². The molecule has 0 heterocycles. The Balaban J connectivity index is 2.27. The van der Waals surface area contributed by atoms with Crippen molar-refractivity contribution in [2.75, 3.05) is 18.0 Å². The molecule has 0 aromatic heterocycles. The zero-order valence-corrected chi connectivity index (χ0v) is 11.3. The molecule has 0 aliphatic heterocycles. The van der Waals surface area contributed by atoms with Crippen LogP contribution in [-0.2, 0) is 0 Å². The molecule has 18 heavy (non-hydrogen) atoms. The van der Waals surface area contributed by atoms with E-state index in [0.717, 1.165) is 18.9 Å². The number of anilines is 1. The number of nitrogens with zero attached hydrogens (tertiary/aromatic N) is 1. The van der Waals surface area contributed by atoms with E-state index in [4.69, 9.17) is 5.73 Å². The van der Waals surface area contributed by atoms with E-state index >= 15 is 0 Å². The van der Waals surface area contributed by atoms with Gasteiger partial charge in [-0.3, -0.25) is 0 Å². The van der Waals surface area contributed by atoms with Gasteiger partial charge in [-0.25, -0.2) is 4.39 Å². The summed E-state index contributed by atoms with van der Waals surface area (Å²) < 4.78 is 14.0. The third kappa shape index (κ3) is 2.66. The third-order valence-electron chi connectivity index (χ3n) is 3.98. The van der Waals surface area contributed by atoms with Crippen LogP contribution in [0.4, 0.5) is 10.1 Å². The highest BCUT2D eigenvalue weighted by Crippen LogP contribution is 2.40. The van der Waals surface area contributed by atoms with Gasteiger partial charge in [0.25, 0.3) is 0 Å². The molecule has 1 unspecified atom stereocenters. The fraction of sp³-hybridized carbons (Fsp3) is 0.600. The minimum atomic E-state index is -0.158. The highest BCUT2D eigenvalue weighted by molar-refractivity contribution is 5.50. The predicted octanol–water partition coefficient (Wildman–Crippen LogP) is 3.17. The molecule has 1 fully saturated rings. The summed E-state index contributed by atoms with van der Waals surface area (Å²) in [6, 6.07) is 6.98. The monoisotopic (exact) mass is 250 g/mol. The number of hydrogen-bond donors (Lipinski definition) is 1. The maximum absolute atomic E-state index is 14.0. The summed E-state index contributed by atoms with van der Waals surface area (Å²) in [5.74, 6) is 0.620. The molecule has 1 saturated carbocycles. The van der Waals surface area contributed by atoms with E-state index in [1.165, 1.54) is 18.9 Å². The van der Waals surface area contributed by atoms with Gasteiger partial charge in [0.2, 0.25) is 0 Å². The number of para-hydroxylation sites is 1. The summed E-state index contributed by atoms with van der Waals surface area (Å²) in [6.07, 6.45) is 3.65. The number of halogens is 1. The Bertz CT molecular complexity index is 403. The lowest BCUT2D eigenvalue weighted by Crippen LogP contribution is -2.52. The number of likely N-dealkylation sites (N-methyl/N-ethyl adjacent to an activating group) is 1. The smallest absolute Gasteiger partial charge is 0.146 e. The average Bonchev–Trinajstić information content (AvgIpc) is 3.16. The summed E-state index contributed by atoms with van der Waals surface area (Å²) in [5.41, 5.74) is 6.52. The number of rotatable bonds is 6. The van der Waals surface area contributed by atoms with Crippen molar-refractivity contribution in [2.45, 2.75) is 38.6 Å². The molecule has 0 amide bonds. The number of hydrogen-bond acceptors (Lipinski definition) is 2. The fourth-order valence-corrected chi connectivity index (χ4v) is 2.76. The molecule has 1 aliphatic carbocycles. The van der Waals surface area contributed by atoms with Crippen molar-refractivity contribution in [1.29, 1.82) is 0 Å². The van der Waals surface area contributed by atoms with E-state index in [2.05, 4.69) is 18.7 Å². The van der Waals surface area contributed by atoms with E-state index in [-0.39, 0.29) is 11.4 Å². The second-order valence-electron chi connectivity index (χ2n) is 5.54. The van der Waals surface area contributed by atoms with Crippen LogP contribution in [0.5, 0.6) is 0 Å². The Morgan fingerprint density at radius 2 is 2.06 bits per heavy atom. The Labute approximate surface area is 109 Å². The number of nitrogens with two attached hydrogens (primary N) is 1. The SMILES string of the molecule is CCN(c1ccccc1F)C(C)(CN)CC1CC1. The molecule has 1 aromatic rings. The van der Waals surface area contributed by atoms with Crippen molar-refractivity contribution < 1.29 is 4.39 Å². The molecule has 2 rings (SSSR count). The quantitative estimate of drug-likeness (QED) is 0.840. The van der Waals surface area contributed by atoms with Gasteiger partial charge in [0.05, 0.1) is 5.69 Å². The van der Waals surface area contributed by atoms with E-state index in [1.54, 1.807) is 6.07 Å². The van der Waals surface area contributed by atoms with Crippen molar-refractivity contribution in [3.05, 3.63) is 30.1 Å². The molecular formula is C15H23FN2. The first kappa shape index (κ1) is 13.3. The van der Waals surface area contributed by atoms with E-state index in [0.29, 0.717) is 12.2 Å². The lowest BCUT2D eigenvalue weighted by Gasteiger charge is -2.42. The largest absolute Gasteiger partial charge is 0.363 e. The Hall–Kier alpha value is -1.09. The van der Waals surface area contributed by atoms with Crippen molar-refractivity contribution in [1.82, 2.24) is 0 Å². The van der Waals surface area contributed by atoms with Gasteiger partial charge < -0.3 is 10.6 Å². The zero-order valence-electron chi connectivity index (χ0n) is 11.3. The second kappa shape index (κ2) is 5.27. The standard InChI is InChI=1S/C15H23FN2/c1-3-18(14-7-5-4-6-13(14)16)15(2,11-17)10-12-8-9-12/h4-7,12H,3,8-11,17H2,1-2H3. The van der Waals surface area contributed by atoms with Gasteiger partial charge in [-0.15, -0.1) is 0 Å². The maximum atomic E-state index is 14.0. The minimum absolute atomic E-state index is 0.141. The lowest BCUT2D eigenvalue weighted by molar-refractivity contribution is 0.379. The molecule has 2 nitrogen and oxygen atoms in total. The van der Waals surface area contributed by atoms with Crippen LogP contribution in [0.3, 0.4) is 0 Å². The van der Waals surface area contributed by atoms with Crippen molar-refractivity contribution in [3.63, 3.8) is 0 Å². The topological polar surface area (TPSA) is 29.3 Å². The van der Waals surface area contributed by atoms with Crippen LogP contribution in [0, 0.1) is 11.7 Å². The van der Waals surface area contributed by atoms with Gasteiger partial charge in [-0.05, 0) is 38.3 Å². The summed E-state index contributed by atoms with van der Waals surface area (Å²) in [7, 11) is 0. The van der Waals surface area contributed by atoms with Crippen LogP contribution in [0.25, 0.3) is 0 Å². The van der Waals surface area contributed by atoms with E-state index < -0.39 is 0 Å². The van der Waals surface area contributed by atoms with Gasteiger partial charge in [0.1, 0.15) is 5.82 Å². The molecule has 1 atom stereocenters. The summed E-state index contributed by atoms with van der Waals surface area (Å²) >= 11 is 0. The molecule has 0 spiro atoms. The third-order valence-corrected chi connectivity index (χ3v) is 3.98. The Morgan fingerprint density at radius 3 is 2.56 bits per heavy atom. The first-order valence-corrected chi connectivity index (χ1v) is 6.83. The Kier molecular flexibility index (Phi) is 3.91. The van der Waals surface area contributed by atoms with Crippen LogP contribution in [0.1, 0.15) is 33.1 Å². The molecule has 100 valence electrons. The normalized spacial score (nSPS) is 18.4. The van der Waals surface area contributed by atoms with Crippen molar-refractivity contribution >= 4 is 5.69 Å². The van der Waals surface area contributed by atoms with Crippen LogP contribution in [0.15, 0.2) is 24.3 Å². The fourth-order valence-electron chi connectivity index (χ4n) is 2.76. The van der Waals surface area contributed by atoms with Gasteiger partial charge in [-0.1, -0.05) is 25.0 Å². The highest BCUT2D eigenvalue weighted by atomic mass is 19.1. The van der Waals surface area contributed by atoms with Crippen LogP contribution >= 0.6 is 0 Å². The van der Waals surface area contributed by atoms with E-state index in [9.17, 15) is 4.39 Å². The molecule has 0 bridgehead atoms. The molecule has 1 aromatic carbocycles. The molecule has 0 saturated heterocycles.